The van der Waals surface area contributed by atoms with Gasteiger partial charge in [0.15, 0.2) is 5.03 Å². The van der Waals surface area contributed by atoms with E-state index in [9.17, 15) is 8.42 Å². The van der Waals surface area contributed by atoms with Gasteiger partial charge < -0.3 is 10.7 Å². The molecule has 2 heterocycles. The van der Waals surface area contributed by atoms with Crippen LogP contribution in [0.2, 0.25) is 0 Å². The maximum Gasteiger partial charge on any atom is 0.260 e. The van der Waals surface area contributed by atoms with Gasteiger partial charge in [-0.1, -0.05) is 6.92 Å². The highest BCUT2D eigenvalue weighted by molar-refractivity contribution is 7.89. The molecule has 7 heteroatoms. The average Bonchev–Trinajstić information content (AvgIpc) is 2.61. The minimum Gasteiger partial charge on any atom is -0.332 e. The molecule has 2 rings (SSSR count). The van der Waals surface area contributed by atoms with E-state index in [2.05, 4.69) is 9.97 Å². The number of nitrogens with two attached hydrogens (primary N) is 1. The van der Waals surface area contributed by atoms with Gasteiger partial charge in [-0.2, -0.15) is 4.31 Å². The van der Waals surface area contributed by atoms with Gasteiger partial charge in [-0.25, -0.2) is 13.4 Å². The van der Waals surface area contributed by atoms with Gasteiger partial charge >= 0.3 is 0 Å². The molecular formula is C8H14N4O2S. The molecule has 0 saturated carbocycles. The van der Waals surface area contributed by atoms with Crippen LogP contribution in [0.25, 0.3) is 0 Å². The second-order valence-corrected chi connectivity index (χ2v) is 5.54. The molecule has 0 aromatic carbocycles. The van der Waals surface area contributed by atoms with E-state index in [0.29, 0.717) is 25.3 Å². The number of aromatic nitrogens is 2. The Bertz CT molecular complexity index is 447. The van der Waals surface area contributed by atoms with Crippen molar-refractivity contribution in [1.29, 1.82) is 0 Å². The minimum absolute atomic E-state index is 0.0339. The van der Waals surface area contributed by atoms with Crippen molar-refractivity contribution in [2.24, 2.45) is 5.73 Å². The van der Waals surface area contributed by atoms with Crippen molar-refractivity contribution in [3.63, 3.8) is 0 Å². The second-order valence-electron chi connectivity index (χ2n) is 3.63. The summed E-state index contributed by atoms with van der Waals surface area (Å²) in [6, 6.07) is -0.0339. The summed E-state index contributed by atoms with van der Waals surface area (Å²) in [6.45, 7) is 2.69. The van der Waals surface area contributed by atoms with E-state index in [1.165, 1.54) is 10.5 Å². The monoisotopic (exact) mass is 230 g/mol. The lowest BCUT2D eigenvalue weighted by Crippen LogP contribution is -2.57. The molecule has 3 N–H and O–H groups in total. The van der Waals surface area contributed by atoms with Crippen molar-refractivity contribution in [2.75, 3.05) is 13.1 Å². The third-order valence-corrected chi connectivity index (χ3v) is 4.18. The van der Waals surface area contributed by atoms with E-state index in [0.717, 1.165) is 0 Å². The summed E-state index contributed by atoms with van der Waals surface area (Å²) in [5.41, 5.74) is 5.54. The molecule has 0 aliphatic carbocycles. The van der Waals surface area contributed by atoms with Crippen LogP contribution in [0.5, 0.6) is 0 Å². The van der Waals surface area contributed by atoms with Crippen molar-refractivity contribution in [3.8, 4) is 0 Å². The van der Waals surface area contributed by atoms with E-state index < -0.39 is 10.0 Å². The molecule has 1 fully saturated rings. The Hall–Kier alpha value is -0.920. The van der Waals surface area contributed by atoms with Gasteiger partial charge in [-0.3, -0.25) is 0 Å². The largest absolute Gasteiger partial charge is 0.332 e. The first-order chi connectivity index (χ1) is 7.04. The molecule has 1 aromatic heterocycles. The van der Waals surface area contributed by atoms with Gasteiger partial charge in [0.2, 0.25) is 0 Å². The van der Waals surface area contributed by atoms with E-state index >= 15 is 0 Å². The molecule has 6 nitrogen and oxygen atoms in total. The maximum absolute atomic E-state index is 11.9. The zero-order valence-corrected chi connectivity index (χ0v) is 9.29. The molecule has 0 unspecified atom stereocenters. The van der Waals surface area contributed by atoms with Crippen molar-refractivity contribution < 1.29 is 8.42 Å². The molecule has 1 saturated heterocycles. The standard InChI is InChI=1S/C8H14N4O2S/c1-2-7-10-3-8(11-7)15(13,14)12-4-6(9)5-12/h3,6H,2,4-5,9H2,1H3,(H,10,11). The first-order valence-corrected chi connectivity index (χ1v) is 6.27. The summed E-state index contributed by atoms with van der Waals surface area (Å²) in [4.78, 5) is 6.75. The van der Waals surface area contributed by atoms with Crippen LogP contribution >= 0.6 is 0 Å². The molecule has 15 heavy (non-hydrogen) atoms. The number of sulfonamides is 1. The number of hydrogen-bond acceptors (Lipinski definition) is 4. The van der Waals surface area contributed by atoms with E-state index in [-0.39, 0.29) is 11.1 Å². The lowest BCUT2D eigenvalue weighted by molar-refractivity contribution is 0.265. The molecule has 0 amide bonds. The molecule has 0 atom stereocenters. The van der Waals surface area contributed by atoms with Crippen LogP contribution in [0.15, 0.2) is 11.2 Å². The van der Waals surface area contributed by atoms with Crippen molar-refractivity contribution in [1.82, 2.24) is 14.3 Å². The molecule has 0 spiro atoms. The van der Waals surface area contributed by atoms with Gasteiger partial charge in [0, 0.05) is 25.6 Å². The highest BCUT2D eigenvalue weighted by atomic mass is 32.2. The quantitative estimate of drug-likeness (QED) is 0.718. The fourth-order valence-corrected chi connectivity index (χ4v) is 2.95. The number of aromatic amines is 1. The molecule has 1 aliphatic heterocycles. The van der Waals surface area contributed by atoms with Gasteiger partial charge in [-0.15, -0.1) is 0 Å². The van der Waals surface area contributed by atoms with Crippen molar-refractivity contribution >= 4 is 10.0 Å². The normalized spacial score (nSPS) is 19.1. The number of nitrogens with zero attached hydrogens (tertiary/aromatic N) is 2. The van der Waals surface area contributed by atoms with Crippen LogP contribution < -0.4 is 5.73 Å². The molecule has 0 bridgehead atoms. The van der Waals surface area contributed by atoms with Gasteiger partial charge in [-0.05, 0) is 0 Å². The Morgan fingerprint density at radius 1 is 1.67 bits per heavy atom. The van der Waals surface area contributed by atoms with Crippen LogP contribution in [0.3, 0.4) is 0 Å². The minimum atomic E-state index is -3.39. The Morgan fingerprint density at radius 2 is 2.33 bits per heavy atom. The Balaban J connectivity index is 2.22. The predicted molar refractivity (Wildman–Crippen MR) is 54.7 cm³/mol. The summed E-state index contributed by atoms with van der Waals surface area (Å²) in [5, 5.41) is 0.159. The fourth-order valence-electron chi connectivity index (χ4n) is 1.46. The summed E-state index contributed by atoms with van der Waals surface area (Å²) in [7, 11) is -3.39. The second kappa shape index (κ2) is 3.58. The van der Waals surface area contributed by atoms with E-state index in [1.54, 1.807) is 0 Å². The van der Waals surface area contributed by atoms with Crippen LogP contribution in [-0.4, -0.2) is 41.8 Å². The van der Waals surface area contributed by atoms with Crippen LogP contribution in [0.1, 0.15) is 12.7 Å². The summed E-state index contributed by atoms with van der Waals surface area (Å²) in [5.74, 6) is 0.679. The first kappa shape index (κ1) is 10.6. The maximum atomic E-state index is 11.9. The first-order valence-electron chi connectivity index (χ1n) is 4.83. The Kier molecular flexibility index (Phi) is 2.53. The topological polar surface area (TPSA) is 92.1 Å². The van der Waals surface area contributed by atoms with Gasteiger partial charge in [0.1, 0.15) is 5.82 Å². The third kappa shape index (κ3) is 1.77. The molecule has 1 aromatic rings. The smallest absolute Gasteiger partial charge is 0.260 e. The summed E-state index contributed by atoms with van der Waals surface area (Å²) >= 11 is 0. The van der Waals surface area contributed by atoms with Gasteiger partial charge in [0.25, 0.3) is 10.0 Å². The zero-order valence-electron chi connectivity index (χ0n) is 8.47. The number of hydrogen-bond donors (Lipinski definition) is 2. The highest BCUT2D eigenvalue weighted by Crippen LogP contribution is 2.18. The van der Waals surface area contributed by atoms with Crippen LogP contribution in [-0.2, 0) is 16.4 Å². The third-order valence-electron chi connectivity index (χ3n) is 2.43. The molecule has 1 aliphatic rings. The molecular weight excluding hydrogens is 216 g/mol. The lowest BCUT2D eigenvalue weighted by atomic mass is 10.2. The number of H-pyrrole nitrogens is 1. The predicted octanol–water partition coefficient (Wildman–Crippen LogP) is -0.696. The summed E-state index contributed by atoms with van der Waals surface area (Å²) in [6.07, 6.45) is 2.05. The van der Waals surface area contributed by atoms with Crippen molar-refractivity contribution in [3.05, 3.63) is 12.0 Å². The van der Waals surface area contributed by atoms with Crippen molar-refractivity contribution in [2.45, 2.75) is 24.4 Å². The Morgan fingerprint density at radius 3 is 2.80 bits per heavy atom. The molecule has 84 valence electrons. The number of aryl methyl sites for hydroxylation is 1. The SMILES string of the molecule is CCc1ncc(S(=O)(=O)N2CC(N)C2)[nH]1. The molecule has 0 radical (unpaired) electrons. The summed E-state index contributed by atoms with van der Waals surface area (Å²) < 4.78 is 25.1. The number of imidazole rings is 1. The van der Waals surface area contributed by atoms with Crippen LogP contribution in [0, 0.1) is 0 Å². The van der Waals surface area contributed by atoms with E-state index in [4.69, 9.17) is 5.73 Å². The Labute approximate surface area is 88.5 Å². The van der Waals surface area contributed by atoms with E-state index in [1.807, 2.05) is 6.92 Å². The highest BCUT2D eigenvalue weighted by Gasteiger charge is 2.35. The average molecular weight is 230 g/mol. The number of nitrogens with one attached hydrogen (secondary N) is 1. The van der Waals surface area contributed by atoms with Gasteiger partial charge in [0.05, 0.1) is 6.20 Å². The fraction of sp³-hybridized carbons (Fsp3) is 0.625. The lowest BCUT2D eigenvalue weighted by Gasteiger charge is -2.34. The van der Waals surface area contributed by atoms with Crippen LogP contribution in [0.4, 0.5) is 0 Å². The number of rotatable bonds is 3. The zero-order chi connectivity index (χ0) is 11.1.